The molecule has 2 aromatic heterocycles. The molecule has 0 saturated heterocycles. The molecule has 0 atom stereocenters. The second kappa shape index (κ2) is 5.54. The molecule has 0 fully saturated rings. The van der Waals surface area contributed by atoms with Crippen molar-refractivity contribution in [3.05, 3.63) is 72.6 Å². The van der Waals surface area contributed by atoms with Gasteiger partial charge in [0, 0.05) is 23.5 Å². The van der Waals surface area contributed by atoms with Gasteiger partial charge in [0.1, 0.15) is 0 Å². The molecule has 102 valence electrons. The van der Waals surface area contributed by atoms with E-state index in [0.717, 1.165) is 16.8 Å². The van der Waals surface area contributed by atoms with Gasteiger partial charge in [-0.25, -0.2) is 4.79 Å². The summed E-state index contributed by atoms with van der Waals surface area (Å²) in [5.74, 6) is -0.990. The summed E-state index contributed by atoms with van der Waals surface area (Å²) in [5.41, 5.74) is 3.14. The van der Waals surface area contributed by atoms with E-state index in [0.29, 0.717) is 5.69 Å². The van der Waals surface area contributed by atoms with Gasteiger partial charge in [-0.05, 0) is 24.3 Å². The topological polar surface area (TPSA) is 63.1 Å². The molecule has 1 aromatic carbocycles. The fourth-order valence-electron chi connectivity index (χ4n) is 2.15. The maximum Gasteiger partial charge on any atom is 0.337 e. The van der Waals surface area contributed by atoms with Gasteiger partial charge in [0.05, 0.1) is 17.0 Å². The predicted molar refractivity (Wildman–Crippen MR) is 79.9 cm³/mol. The highest BCUT2D eigenvalue weighted by Crippen LogP contribution is 2.25. The molecule has 1 N–H and O–H groups in total. The third kappa shape index (κ3) is 2.65. The monoisotopic (exact) mass is 276 g/mol. The molecule has 4 heteroatoms. The zero-order chi connectivity index (χ0) is 14.7. The number of hydrogen-bond acceptors (Lipinski definition) is 3. The van der Waals surface area contributed by atoms with E-state index in [9.17, 15) is 9.90 Å². The standard InChI is InChI=1S/C17H12N2O2/c20-17(21)14-7-4-9-19-16(14)13-8-10-18-15(11-13)12-5-2-1-3-6-12/h1-11H,(H,20,21). The van der Waals surface area contributed by atoms with Crippen LogP contribution in [0.3, 0.4) is 0 Å². The third-order valence-corrected chi connectivity index (χ3v) is 3.14. The van der Waals surface area contributed by atoms with E-state index in [1.54, 1.807) is 30.6 Å². The molecule has 0 amide bonds. The fraction of sp³-hybridized carbons (Fsp3) is 0. The Labute approximate surface area is 121 Å². The first kappa shape index (κ1) is 13.0. The van der Waals surface area contributed by atoms with E-state index < -0.39 is 5.97 Å². The molecule has 0 aliphatic carbocycles. The Morgan fingerprint density at radius 2 is 1.67 bits per heavy atom. The number of aromatic nitrogens is 2. The Bertz CT molecular complexity index is 786. The molecular formula is C17H12N2O2. The van der Waals surface area contributed by atoms with E-state index in [4.69, 9.17) is 0 Å². The van der Waals surface area contributed by atoms with Crippen molar-refractivity contribution in [1.82, 2.24) is 9.97 Å². The van der Waals surface area contributed by atoms with Gasteiger partial charge in [-0.3, -0.25) is 9.97 Å². The van der Waals surface area contributed by atoms with Crippen LogP contribution < -0.4 is 0 Å². The van der Waals surface area contributed by atoms with Crippen molar-refractivity contribution in [2.45, 2.75) is 0 Å². The molecule has 0 bridgehead atoms. The number of benzene rings is 1. The van der Waals surface area contributed by atoms with Gasteiger partial charge in [-0.15, -0.1) is 0 Å². The zero-order valence-electron chi connectivity index (χ0n) is 11.1. The highest BCUT2D eigenvalue weighted by Gasteiger charge is 2.13. The van der Waals surface area contributed by atoms with Crippen LogP contribution in [0.4, 0.5) is 0 Å². The largest absolute Gasteiger partial charge is 0.478 e. The maximum absolute atomic E-state index is 11.3. The minimum atomic E-state index is -0.990. The summed E-state index contributed by atoms with van der Waals surface area (Å²) in [6.45, 7) is 0. The lowest BCUT2D eigenvalue weighted by molar-refractivity contribution is 0.0697. The molecule has 0 aliphatic heterocycles. The van der Waals surface area contributed by atoms with Crippen LogP contribution in [-0.4, -0.2) is 21.0 Å². The zero-order valence-corrected chi connectivity index (χ0v) is 11.1. The van der Waals surface area contributed by atoms with Crippen molar-refractivity contribution in [3.8, 4) is 22.5 Å². The first-order chi connectivity index (χ1) is 10.3. The Morgan fingerprint density at radius 3 is 2.43 bits per heavy atom. The van der Waals surface area contributed by atoms with Gasteiger partial charge in [-0.1, -0.05) is 30.3 Å². The van der Waals surface area contributed by atoms with E-state index in [1.807, 2.05) is 36.4 Å². The third-order valence-electron chi connectivity index (χ3n) is 3.14. The molecule has 0 radical (unpaired) electrons. The summed E-state index contributed by atoms with van der Waals surface area (Å²) in [4.78, 5) is 19.8. The fourth-order valence-corrected chi connectivity index (χ4v) is 2.15. The molecular weight excluding hydrogens is 264 g/mol. The summed E-state index contributed by atoms with van der Waals surface area (Å²) in [6.07, 6.45) is 3.25. The van der Waals surface area contributed by atoms with Crippen molar-refractivity contribution in [1.29, 1.82) is 0 Å². The number of hydrogen-bond donors (Lipinski definition) is 1. The Balaban J connectivity index is 2.11. The van der Waals surface area contributed by atoms with Gasteiger partial charge < -0.3 is 5.11 Å². The lowest BCUT2D eigenvalue weighted by Crippen LogP contribution is -2.01. The first-order valence-corrected chi connectivity index (χ1v) is 6.46. The normalized spacial score (nSPS) is 10.3. The average Bonchev–Trinajstić information content (AvgIpc) is 2.56. The van der Waals surface area contributed by atoms with Gasteiger partial charge in [0.25, 0.3) is 0 Å². The van der Waals surface area contributed by atoms with Crippen molar-refractivity contribution in [2.75, 3.05) is 0 Å². The van der Waals surface area contributed by atoms with Crippen LogP contribution in [0, 0.1) is 0 Å². The van der Waals surface area contributed by atoms with Crippen molar-refractivity contribution in [3.63, 3.8) is 0 Å². The van der Waals surface area contributed by atoms with Gasteiger partial charge in [0.15, 0.2) is 0 Å². The highest BCUT2D eigenvalue weighted by atomic mass is 16.4. The molecule has 0 spiro atoms. The van der Waals surface area contributed by atoms with E-state index in [-0.39, 0.29) is 5.56 Å². The molecule has 0 aliphatic rings. The average molecular weight is 276 g/mol. The summed E-state index contributed by atoms with van der Waals surface area (Å²) in [7, 11) is 0. The smallest absolute Gasteiger partial charge is 0.337 e. The quantitative estimate of drug-likeness (QED) is 0.795. The SMILES string of the molecule is O=C(O)c1cccnc1-c1ccnc(-c2ccccc2)c1. The number of carboxylic acids is 1. The number of rotatable bonds is 3. The van der Waals surface area contributed by atoms with Crippen molar-refractivity contribution < 1.29 is 9.90 Å². The summed E-state index contributed by atoms with van der Waals surface area (Å²) in [5, 5.41) is 9.26. The minimum Gasteiger partial charge on any atom is -0.478 e. The highest BCUT2D eigenvalue weighted by molar-refractivity contribution is 5.94. The Hall–Kier alpha value is -3.01. The number of carboxylic acid groups (broad SMARTS) is 1. The molecule has 21 heavy (non-hydrogen) atoms. The van der Waals surface area contributed by atoms with Crippen LogP contribution in [0.1, 0.15) is 10.4 Å². The number of pyridine rings is 2. The van der Waals surface area contributed by atoms with E-state index >= 15 is 0 Å². The maximum atomic E-state index is 11.3. The van der Waals surface area contributed by atoms with E-state index in [1.165, 1.54) is 0 Å². The van der Waals surface area contributed by atoms with Crippen molar-refractivity contribution in [2.24, 2.45) is 0 Å². The summed E-state index contributed by atoms with van der Waals surface area (Å²) < 4.78 is 0. The Morgan fingerprint density at radius 1 is 0.857 bits per heavy atom. The number of aromatic carboxylic acids is 1. The summed E-state index contributed by atoms with van der Waals surface area (Å²) in [6, 6.07) is 16.5. The van der Waals surface area contributed by atoms with Crippen LogP contribution in [0.15, 0.2) is 67.0 Å². The van der Waals surface area contributed by atoms with Gasteiger partial charge in [-0.2, -0.15) is 0 Å². The van der Waals surface area contributed by atoms with Crippen LogP contribution in [0.25, 0.3) is 22.5 Å². The van der Waals surface area contributed by atoms with Crippen molar-refractivity contribution >= 4 is 5.97 Å². The predicted octanol–water partition coefficient (Wildman–Crippen LogP) is 3.51. The molecule has 0 saturated carbocycles. The van der Waals surface area contributed by atoms with E-state index in [2.05, 4.69) is 9.97 Å². The lowest BCUT2D eigenvalue weighted by atomic mass is 10.0. The minimum absolute atomic E-state index is 0.183. The van der Waals surface area contributed by atoms with Gasteiger partial charge >= 0.3 is 5.97 Å². The van der Waals surface area contributed by atoms with Gasteiger partial charge in [0.2, 0.25) is 0 Å². The van der Waals surface area contributed by atoms with Crippen LogP contribution in [0.5, 0.6) is 0 Å². The molecule has 4 nitrogen and oxygen atoms in total. The molecule has 2 heterocycles. The molecule has 0 unspecified atom stereocenters. The lowest BCUT2D eigenvalue weighted by Gasteiger charge is -2.07. The van der Waals surface area contributed by atoms with Crippen LogP contribution in [0.2, 0.25) is 0 Å². The first-order valence-electron chi connectivity index (χ1n) is 6.46. The number of carbonyl (C=O) groups is 1. The number of nitrogens with zero attached hydrogens (tertiary/aromatic N) is 2. The Kier molecular flexibility index (Phi) is 3.43. The second-order valence-corrected chi connectivity index (χ2v) is 4.50. The molecule has 3 aromatic rings. The molecule has 3 rings (SSSR count). The van der Waals surface area contributed by atoms with Crippen LogP contribution in [-0.2, 0) is 0 Å². The van der Waals surface area contributed by atoms with Crippen LogP contribution >= 0.6 is 0 Å². The summed E-state index contributed by atoms with van der Waals surface area (Å²) >= 11 is 0. The second-order valence-electron chi connectivity index (χ2n) is 4.50.